The third-order valence-corrected chi connectivity index (χ3v) is 11.1. The summed E-state index contributed by atoms with van der Waals surface area (Å²) in [6, 6.07) is 12.2. The van der Waals surface area contributed by atoms with Gasteiger partial charge in [0, 0.05) is 29.7 Å². The number of pyridine rings is 3. The maximum atomic E-state index is 10.1. The van der Waals surface area contributed by atoms with E-state index in [1.54, 1.807) is 56.1 Å². The number of nitrogens with zero attached hydrogens (tertiary/aromatic N) is 6. The van der Waals surface area contributed by atoms with E-state index in [1.807, 2.05) is 24.4 Å². The van der Waals surface area contributed by atoms with Crippen LogP contribution in [0.15, 0.2) is 67.3 Å². The zero-order valence-corrected chi connectivity index (χ0v) is 32.9. The van der Waals surface area contributed by atoms with Crippen LogP contribution in [0.3, 0.4) is 0 Å². The molecule has 22 heteroatoms. The second-order valence-electron chi connectivity index (χ2n) is 13.6. The van der Waals surface area contributed by atoms with Crippen molar-refractivity contribution < 1.29 is 60.2 Å². The Kier molecular flexibility index (Phi) is 13.1. The lowest BCUT2D eigenvalue weighted by Gasteiger charge is -2.15. The maximum absolute atomic E-state index is 10.1. The van der Waals surface area contributed by atoms with Gasteiger partial charge in [-0.3, -0.25) is 8.80 Å². The molecule has 6 aromatic heterocycles. The molecular formula is C36H38Cl4N6O12. The number of hydrogen-bond acceptors (Lipinski definition) is 15. The molecule has 3 aliphatic heterocycles. The van der Waals surface area contributed by atoms with Gasteiger partial charge in [0.05, 0.1) is 48.1 Å². The lowest BCUT2D eigenvalue weighted by atomic mass is 10.1. The molecule has 0 saturated carbocycles. The third-order valence-electron chi connectivity index (χ3n) is 10.1. The van der Waals surface area contributed by atoms with Crippen molar-refractivity contribution >= 4 is 63.3 Å². The first kappa shape index (κ1) is 42.9. The van der Waals surface area contributed by atoms with Gasteiger partial charge in [-0.15, -0.1) is 0 Å². The molecule has 3 saturated heterocycles. The van der Waals surface area contributed by atoms with Crippen LogP contribution >= 0.6 is 46.4 Å². The fraction of sp³-hybridized carbons (Fsp3) is 0.417. The molecule has 312 valence electrons. The number of halogens is 4. The van der Waals surface area contributed by atoms with Gasteiger partial charge in [-0.05, 0) is 30.3 Å². The fourth-order valence-corrected chi connectivity index (χ4v) is 7.97. The predicted molar refractivity (Wildman–Crippen MR) is 206 cm³/mol. The minimum absolute atomic E-state index is 0.155. The highest BCUT2D eigenvalue weighted by Crippen LogP contribution is 2.39. The van der Waals surface area contributed by atoms with Gasteiger partial charge in [0.1, 0.15) is 90.2 Å². The first-order valence-electron chi connectivity index (χ1n) is 17.7. The second-order valence-corrected chi connectivity index (χ2v) is 15.2. The Morgan fingerprint density at radius 3 is 1.64 bits per heavy atom. The van der Waals surface area contributed by atoms with Crippen molar-refractivity contribution in [2.45, 2.75) is 73.2 Å². The zero-order valence-electron chi connectivity index (χ0n) is 29.8. The van der Waals surface area contributed by atoms with E-state index in [4.69, 9.17) is 75.9 Å². The van der Waals surface area contributed by atoms with Crippen LogP contribution in [0.25, 0.3) is 16.9 Å². The molecule has 18 nitrogen and oxygen atoms in total. The Labute approximate surface area is 348 Å². The highest BCUT2D eigenvalue weighted by atomic mass is 35.5. The van der Waals surface area contributed by atoms with Gasteiger partial charge < -0.3 is 64.6 Å². The summed E-state index contributed by atoms with van der Waals surface area (Å²) in [6.45, 7) is -1.12. The smallest absolute Gasteiger partial charge is 0.154 e. The van der Waals surface area contributed by atoms with E-state index < -0.39 is 86.5 Å². The van der Waals surface area contributed by atoms with Crippen molar-refractivity contribution in [3.8, 4) is 0 Å². The summed E-state index contributed by atoms with van der Waals surface area (Å²) in [6.07, 6.45) is -5.19. The molecule has 0 aromatic carbocycles. The van der Waals surface area contributed by atoms with Crippen LogP contribution in [0.4, 0.5) is 0 Å². The average Bonchev–Trinajstić information content (AvgIpc) is 4.04. The second kappa shape index (κ2) is 17.8. The summed E-state index contributed by atoms with van der Waals surface area (Å²) < 4.78 is 21.4. The molecule has 0 spiro atoms. The Bertz CT molecular complexity index is 2370. The molecule has 0 amide bonds. The lowest BCUT2D eigenvalue weighted by Crippen LogP contribution is -2.32. The Morgan fingerprint density at radius 1 is 0.534 bits per heavy atom. The van der Waals surface area contributed by atoms with Gasteiger partial charge in [-0.2, -0.15) is 0 Å². The molecule has 12 atom stereocenters. The Morgan fingerprint density at radius 2 is 1.07 bits per heavy atom. The summed E-state index contributed by atoms with van der Waals surface area (Å²) in [5, 5.41) is 88.0. The molecule has 9 heterocycles. The van der Waals surface area contributed by atoms with Crippen LogP contribution in [-0.4, -0.2) is 149 Å². The van der Waals surface area contributed by atoms with Gasteiger partial charge in [-0.25, -0.2) is 15.0 Å². The number of rotatable bonds is 6. The van der Waals surface area contributed by atoms with Crippen molar-refractivity contribution in [2.24, 2.45) is 0 Å². The summed E-state index contributed by atoms with van der Waals surface area (Å²) >= 11 is 24.0. The molecule has 3 fully saturated rings. The number of aromatic nitrogens is 6. The van der Waals surface area contributed by atoms with Crippen LogP contribution in [0.2, 0.25) is 20.4 Å². The zero-order chi connectivity index (χ0) is 41.6. The molecule has 0 aliphatic carbocycles. The number of aliphatic hydroxyl groups excluding tert-OH is 9. The summed E-state index contributed by atoms with van der Waals surface area (Å²) in [4.78, 5) is 12.5. The molecule has 0 radical (unpaired) electrons. The number of aliphatic hydroxyl groups is 9. The maximum Gasteiger partial charge on any atom is 0.154 e. The number of imidazole rings is 3. The molecule has 6 aromatic rings. The summed E-state index contributed by atoms with van der Waals surface area (Å²) in [7, 11) is 0. The molecule has 9 N–H and O–H groups in total. The predicted octanol–water partition coefficient (Wildman–Crippen LogP) is 1.08. The van der Waals surface area contributed by atoms with E-state index in [1.165, 1.54) is 0 Å². The van der Waals surface area contributed by atoms with E-state index >= 15 is 0 Å². The van der Waals surface area contributed by atoms with E-state index in [0.29, 0.717) is 38.4 Å². The van der Waals surface area contributed by atoms with Crippen LogP contribution in [-0.2, 0) is 14.2 Å². The van der Waals surface area contributed by atoms with Gasteiger partial charge in [-0.1, -0.05) is 52.5 Å². The standard InChI is InChI=1S/2C12H12Cl2N2O4.C12H14N2O4/c13-5-1-2-16-7(3-5)15-12(14)8(16)11-10(19)9(18)6(4-17)20-11;13-5-1-2-7-15-12(14)8(16(7)3-5)11-10(19)9(18)6(4-17)20-11;15-6-8-10(16)11(17)12(18-8)7-5-13-9-3-1-2-4-14(7)9/h2*1-3,6,9-11,17-19H,4H2;1-5,8,10-12,15-17H,6H2/t2*6-,9+,10+,11?;8-,10+,11+,12?/m111/s1. The van der Waals surface area contributed by atoms with Gasteiger partial charge in [0.15, 0.2) is 10.3 Å². The van der Waals surface area contributed by atoms with Crippen molar-refractivity contribution in [1.82, 2.24) is 28.2 Å². The highest BCUT2D eigenvalue weighted by molar-refractivity contribution is 6.32. The van der Waals surface area contributed by atoms with E-state index in [2.05, 4.69) is 15.0 Å². The van der Waals surface area contributed by atoms with Crippen LogP contribution in [0.1, 0.15) is 35.4 Å². The van der Waals surface area contributed by atoms with Gasteiger partial charge in [0.25, 0.3) is 0 Å². The van der Waals surface area contributed by atoms with Crippen molar-refractivity contribution in [1.29, 1.82) is 0 Å². The van der Waals surface area contributed by atoms with Gasteiger partial charge in [0.2, 0.25) is 0 Å². The quantitative estimate of drug-likeness (QED) is 0.113. The van der Waals surface area contributed by atoms with Crippen molar-refractivity contribution in [3.05, 3.63) is 105 Å². The molecular weight excluding hydrogens is 850 g/mol. The fourth-order valence-electron chi connectivity index (χ4n) is 7.09. The highest BCUT2D eigenvalue weighted by Gasteiger charge is 2.47. The van der Waals surface area contributed by atoms with Crippen LogP contribution < -0.4 is 0 Å². The monoisotopic (exact) mass is 886 g/mol. The number of hydrogen-bond donors (Lipinski definition) is 9. The molecule has 3 aliphatic rings. The van der Waals surface area contributed by atoms with Crippen LogP contribution in [0.5, 0.6) is 0 Å². The van der Waals surface area contributed by atoms with Crippen molar-refractivity contribution in [3.63, 3.8) is 0 Å². The number of ether oxygens (including phenoxy) is 3. The van der Waals surface area contributed by atoms with E-state index in [0.717, 1.165) is 5.65 Å². The largest absolute Gasteiger partial charge is 0.394 e. The van der Waals surface area contributed by atoms with Gasteiger partial charge >= 0.3 is 0 Å². The van der Waals surface area contributed by atoms with Crippen molar-refractivity contribution in [2.75, 3.05) is 19.8 Å². The minimum atomic E-state index is -1.21. The SMILES string of the molecule is OC[C@H]1OC(c2c(Cl)nc3cc(Cl)ccn23)[C@@H](O)[C@H]1O.OC[C@H]1OC(c2c(Cl)nc3ccc(Cl)cn23)[C@@H](O)[C@H]1O.OC[C@H]1OC(c2cnc3ccccn23)[C@@H](O)[C@H]1O. The molecule has 0 bridgehead atoms. The first-order valence-corrected chi connectivity index (χ1v) is 19.2. The van der Waals surface area contributed by atoms with E-state index in [9.17, 15) is 30.6 Å². The summed E-state index contributed by atoms with van der Waals surface area (Å²) in [5.74, 6) is 0. The van der Waals surface area contributed by atoms with E-state index in [-0.39, 0.29) is 16.9 Å². The normalized spacial score (nSPS) is 30.8. The van der Waals surface area contributed by atoms with Crippen LogP contribution in [0, 0.1) is 0 Å². The minimum Gasteiger partial charge on any atom is -0.394 e. The Hall–Kier alpha value is -3.25. The molecule has 3 unspecified atom stereocenters. The number of fused-ring (bicyclic) bond motifs is 3. The first-order chi connectivity index (χ1) is 27.8. The molecule has 58 heavy (non-hydrogen) atoms. The lowest BCUT2D eigenvalue weighted by molar-refractivity contribution is -0.0241. The molecule has 9 rings (SSSR count). The Balaban J connectivity index is 0.000000133. The average molecular weight is 889 g/mol. The topological polar surface area (TPSA) is 262 Å². The third kappa shape index (κ3) is 8.02. The summed E-state index contributed by atoms with van der Waals surface area (Å²) in [5.41, 5.74) is 3.27.